The molecule has 14 heavy (non-hydrogen) atoms. The van der Waals surface area contributed by atoms with Gasteiger partial charge in [-0.1, -0.05) is 6.07 Å². The van der Waals surface area contributed by atoms with Crippen LogP contribution in [0.25, 0.3) is 0 Å². The summed E-state index contributed by atoms with van der Waals surface area (Å²) in [6.07, 6.45) is 1.50. The van der Waals surface area contributed by atoms with Crippen LogP contribution in [0.5, 0.6) is 0 Å². The molecule has 0 aliphatic heterocycles. The third-order valence-corrected chi connectivity index (χ3v) is 1.85. The van der Waals surface area contributed by atoms with E-state index in [0.29, 0.717) is 5.56 Å². The van der Waals surface area contributed by atoms with Crippen molar-refractivity contribution in [3.63, 3.8) is 0 Å². The van der Waals surface area contributed by atoms with Crippen LogP contribution < -0.4 is 0 Å². The Morgan fingerprint density at radius 2 is 2.36 bits per heavy atom. The SMILES string of the molecule is O=[N+]([O-])[C@H](CO)[C@H](O)c1cccnc1. The van der Waals surface area contributed by atoms with E-state index in [-0.39, 0.29) is 0 Å². The van der Waals surface area contributed by atoms with Gasteiger partial charge < -0.3 is 10.2 Å². The van der Waals surface area contributed by atoms with Gasteiger partial charge in [0.25, 0.3) is 6.04 Å². The third-order valence-electron chi connectivity index (χ3n) is 1.85. The molecular formula is C8H10N2O4. The van der Waals surface area contributed by atoms with Crippen LogP contribution in [0.2, 0.25) is 0 Å². The molecule has 6 nitrogen and oxygen atoms in total. The van der Waals surface area contributed by atoms with Crippen molar-refractivity contribution in [2.45, 2.75) is 12.1 Å². The van der Waals surface area contributed by atoms with Gasteiger partial charge in [0.2, 0.25) is 0 Å². The van der Waals surface area contributed by atoms with Crippen LogP contribution in [-0.2, 0) is 0 Å². The van der Waals surface area contributed by atoms with Gasteiger partial charge in [-0.25, -0.2) is 0 Å². The summed E-state index contributed by atoms with van der Waals surface area (Å²) in [6.45, 7) is -0.705. The second-order valence-corrected chi connectivity index (χ2v) is 2.77. The minimum atomic E-state index is -1.40. The first-order chi connectivity index (χ1) is 6.66. The number of hydrogen-bond acceptors (Lipinski definition) is 5. The summed E-state index contributed by atoms with van der Waals surface area (Å²) in [6, 6.07) is 1.68. The molecule has 0 aliphatic rings. The van der Waals surface area contributed by atoms with Crippen LogP contribution in [0.15, 0.2) is 24.5 Å². The monoisotopic (exact) mass is 198 g/mol. The maximum absolute atomic E-state index is 10.4. The van der Waals surface area contributed by atoms with E-state index in [0.717, 1.165) is 0 Å². The Morgan fingerprint density at radius 1 is 1.64 bits per heavy atom. The quantitative estimate of drug-likeness (QED) is 0.513. The van der Waals surface area contributed by atoms with Crippen molar-refractivity contribution >= 4 is 0 Å². The lowest BCUT2D eigenvalue weighted by Gasteiger charge is -2.13. The van der Waals surface area contributed by atoms with E-state index in [1.165, 1.54) is 18.5 Å². The van der Waals surface area contributed by atoms with Crippen LogP contribution >= 0.6 is 0 Å². The summed E-state index contributed by atoms with van der Waals surface area (Å²) in [4.78, 5) is 13.4. The zero-order valence-corrected chi connectivity index (χ0v) is 7.28. The molecule has 6 heteroatoms. The number of hydrogen-bond donors (Lipinski definition) is 2. The third kappa shape index (κ3) is 2.24. The number of aliphatic hydroxyl groups excluding tert-OH is 2. The maximum Gasteiger partial charge on any atom is 0.265 e. The summed E-state index contributed by atoms with van der Waals surface area (Å²) < 4.78 is 0. The Kier molecular flexibility index (Phi) is 3.49. The average Bonchev–Trinajstić information content (AvgIpc) is 2.19. The van der Waals surface area contributed by atoms with Gasteiger partial charge in [0, 0.05) is 22.9 Å². The Bertz CT molecular complexity index is 303. The van der Waals surface area contributed by atoms with Crippen LogP contribution in [-0.4, -0.2) is 32.8 Å². The number of nitrogens with zero attached hydrogens (tertiary/aromatic N) is 2. The molecule has 0 spiro atoms. The van der Waals surface area contributed by atoms with Crippen molar-refractivity contribution in [2.24, 2.45) is 0 Å². The molecule has 2 atom stereocenters. The Hall–Kier alpha value is -1.53. The fourth-order valence-electron chi connectivity index (χ4n) is 1.05. The molecule has 1 aromatic rings. The van der Waals surface area contributed by atoms with E-state index in [1.54, 1.807) is 6.07 Å². The van der Waals surface area contributed by atoms with Crippen molar-refractivity contribution in [1.82, 2.24) is 4.98 Å². The molecule has 76 valence electrons. The molecule has 0 aliphatic carbocycles. The number of rotatable bonds is 4. The first-order valence-electron chi connectivity index (χ1n) is 3.99. The highest BCUT2D eigenvalue weighted by Crippen LogP contribution is 2.16. The zero-order chi connectivity index (χ0) is 10.6. The summed E-state index contributed by atoms with van der Waals surface area (Å²) in [5.74, 6) is 0. The summed E-state index contributed by atoms with van der Waals surface area (Å²) in [5.41, 5.74) is 0.322. The molecule has 0 unspecified atom stereocenters. The van der Waals surface area contributed by atoms with Crippen molar-refractivity contribution in [2.75, 3.05) is 6.61 Å². The van der Waals surface area contributed by atoms with Gasteiger partial charge in [0.05, 0.1) is 0 Å². The second kappa shape index (κ2) is 4.64. The molecule has 0 radical (unpaired) electrons. The molecule has 1 aromatic heterocycles. The number of nitro groups is 1. The van der Waals surface area contributed by atoms with Gasteiger partial charge >= 0.3 is 0 Å². The summed E-state index contributed by atoms with van der Waals surface area (Å²) in [7, 11) is 0. The maximum atomic E-state index is 10.4. The normalized spacial score (nSPS) is 14.7. The second-order valence-electron chi connectivity index (χ2n) is 2.77. The van der Waals surface area contributed by atoms with Gasteiger partial charge in [-0.05, 0) is 6.07 Å². The predicted octanol–water partition coefficient (Wildman–Crippen LogP) is -0.247. The van der Waals surface area contributed by atoms with Crippen LogP contribution in [0.3, 0.4) is 0 Å². The van der Waals surface area contributed by atoms with Gasteiger partial charge in [0.1, 0.15) is 12.7 Å². The van der Waals surface area contributed by atoms with Crippen molar-refractivity contribution in [3.05, 3.63) is 40.2 Å². The summed E-state index contributed by atoms with van der Waals surface area (Å²) in [5, 5.41) is 28.6. The molecule has 0 saturated carbocycles. The van der Waals surface area contributed by atoms with E-state index < -0.39 is 23.7 Å². The largest absolute Gasteiger partial charge is 0.389 e. The van der Waals surface area contributed by atoms with E-state index in [9.17, 15) is 15.2 Å². The molecule has 0 saturated heterocycles. The fraction of sp³-hybridized carbons (Fsp3) is 0.375. The highest BCUT2D eigenvalue weighted by molar-refractivity contribution is 5.12. The molecule has 2 N–H and O–H groups in total. The average molecular weight is 198 g/mol. The lowest BCUT2D eigenvalue weighted by Crippen LogP contribution is -2.31. The van der Waals surface area contributed by atoms with E-state index in [2.05, 4.69) is 4.98 Å². The predicted molar refractivity (Wildman–Crippen MR) is 47.1 cm³/mol. The number of pyridine rings is 1. The van der Waals surface area contributed by atoms with E-state index in [4.69, 9.17) is 5.11 Å². The van der Waals surface area contributed by atoms with Crippen LogP contribution in [0.4, 0.5) is 0 Å². The van der Waals surface area contributed by atoms with Crippen LogP contribution in [0.1, 0.15) is 11.7 Å². The molecule has 0 bridgehead atoms. The van der Waals surface area contributed by atoms with Crippen molar-refractivity contribution < 1.29 is 15.1 Å². The molecular weight excluding hydrogens is 188 g/mol. The number of aromatic nitrogens is 1. The topological polar surface area (TPSA) is 96.5 Å². The number of aliphatic hydroxyl groups is 2. The molecule has 1 rings (SSSR count). The smallest absolute Gasteiger partial charge is 0.265 e. The lowest BCUT2D eigenvalue weighted by molar-refractivity contribution is -0.539. The van der Waals surface area contributed by atoms with Crippen molar-refractivity contribution in [1.29, 1.82) is 0 Å². The van der Waals surface area contributed by atoms with Gasteiger partial charge in [0.15, 0.2) is 0 Å². The first-order valence-corrected chi connectivity index (χ1v) is 3.99. The highest BCUT2D eigenvalue weighted by Gasteiger charge is 2.30. The lowest BCUT2D eigenvalue weighted by atomic mass is 10.1. The van der Waals surface area contributed by atoms with Crippen molar-refractivity contribution in [3.8, 4) is 0 Å². The molecule has 0 fully saturated rings. The van der Waals surface area contributed by atoms with E-state index in [1.807, 2.05) is 0 Å². The standard InChI is InChI=1S/C8H10N2O4/c11-5-7(10(13)14)8(12)6-2-1-3-9-4-6/h1-4,7-8,11-12H,5H2/t7-,8-/m1/s1. The summed E-state index contributed by atoms with van der Waals surface area (Å²) >= 11 is 0. The molecule has 0 amide bonds. The minimum Gasteiger partial charge on any atom is -0.389 e. The van der Waals surface area contributed by atoms with E-state index >= 15 is 0 Å². The van der Waals surface area contributed by atoms with Gasteiger partial charge in [-0.2, -0.15) is 0 Å². The zero-order valence-electron chi connectivity index (χ0n) is 7.28. The first kappa shape index (κ1) is 10.6. The van der Waals surface area contributed by atoms with Gasteiger partial charge in [-0.15, -0.1) is 0 Å². The Morgan fingerprint density at radius 3 is 2.79 bits per heavy atom. The molecule has 1 heterocycles. The Balaban J connectivity index is 2.83. The minimum absolute atomic E-state index is 0.322. The van der Waals surface area contributed by atoms with Gasteiger partial charge in [-0.3, -0.25) is 15.1 Å². The highest BCUT2D eigenvalue weighted by atomic mass is 16.6. The fourth-order valence-corrected chi connectivity index (χ4v) is 1.05. The van der Waals surface area contributed by atoms with Crippen LogP contribution in [0, 0.1) is 10.1 Å². The Labute approximate surface area is 80.0 Å². The molecule has 0 aromatic carbocycles.